The molecule has 5 rings (SSSR count). The molecule has 4 aromatic rings. The molecule has 0 aliphatic carbocycles. The van der Waals surface area contributed by atoms with Crippen LogP contribution in [0.5, 0.6) is 11.5 Å². The fraction of sp³-hybridized carbons (Fsp3) is 0.231. The van der Waals surface area contributed by atoms with E-state index in [0.29, 0.717) is 41.3 Å². The van der Waals surface area contributed by atoms with Crippen LogP contribution in [0.4, 0.5) is 13.2 Å². The number of nitrogens with one attached hydrogen (secondary N) is 1. The van der Waals surface area contributed by atoms with E-state index in [1.807, 2.05) is 12.1 Å². The van der Waals surface area contributed by atoms with Gasteiger partial charge in [-0.15, -0.1) is 0 Å². The summed E-state index contributed by atoms with van der Waals surface area (Å²) in [5, 5.41) is 3.66. The Hall–Kier alpha value is -4.05. The van der Waals surface area contributed by atoms with Crippen molar-refractivity contribution in [3.05, 3.63) is 77.3 Å². The van der Waals surface area contributed by atoms with E-state index in [0.717, 1.165) is 23.8 Å². The van der Waals surface area contributed by atoms with Gasteiger partial charge in [0.2, 0.25) is 5.89 Å². The van der Waals surface area contributed by atoms with Crippen molar-refractivity contribution < 1.29 is 27.1 Å². The van der Waals surface area contributed by atoms with E-state index in [2.05, 4.69) is 27.9 Å². The van der Waals surface area contributed by atoms with Crippen LogP contribution in [0.3, 0.4) is 0 Å². The van der Waals surface area contributed by atoms with Gasteiger partial charge >= 0.3 is 6.18 Å². The van der Waals surface area contributed by atoms with Crippen LogP contribution >= 0.6 is 0 Å². The molecule has 0 spiro atoms. The molecule has 3 N–H and O–H groups in total. The summed E-state index contributed by atoms with van der Waals surface area (Å²) in [7, 11) is 1.37. The molecule has 0 radical (unpaired) electrons. The number of fused-ring (bicyclic) bond motifs is 2. The quantitative estimate of drug-likeness (QED) is 0.369. The lowest BCUT2D eigenvalue weighted by molar-refractivity contribution is -0.140. The Bertz CT molecular complexity index is 1460. The lowest BCUT2D eigenvalue weighted by Crippen LogP contribution is -2.13. The fourth-order valence-corrected chi connectivity index (χ4v) is 4.18. The Morgan fingerprint density at radius 1 is 1.17 bits per heavy atom. The van der Waals surface area contributed by atoms with Crippen LogP contribution < -0.4 is 20.5 Å². The molecule has 0 unspecified atom stereocenters. The van der Waals surface area contributed by atoms with Gasteiger partial charge in [0.25, 0.3) is 0 Å². The Labute approximate surface area is 204 Å². The molecular formula is C26H23F3N4O3. The number of halogens is 3. The standard InChI is InChI=1S/C26H23F3N4O3/c1-14(31-13-15-3-6-19-16(11-15)9-10-35-19)23-21(12-30)36-25(33-23)18-4-7-20(34-2)24-17(18)5-8-22(32-24)26(27,28)29/h3-8,11,31H,1,9-10,12-13,30H2,2H3. The lowest BCUT2D eigenvalue weighted by atomic mass is 10.1. The van der Waals surface area contributed by atoms with Gasteiger partial charge in [-0.1, -0.05) is 18.7 Å². The van der Waals surface area contributed by atoms with Crippen molar-refractivity contribution >= 4 is 16.6 Å². The molecule has 2 aromatic carbocycles. The van der Waals surface area contributed by atoms with Crippen molar-refractivity contribution in [2.24, 2.45) is 5.73 Å². The zero-order chi connectivity index (χ0) is 25.4. The van der Waals surface area contributed by atoms with Gasteiger partial charge in [0.15, 0.2) is 0 Å². The Morgan fingerprint density at radius 2 is 2.00 bits per heavy atom. The minimum atomic E-state index is -4.59. The van der Waals surface area contributed by atoms with Gasteiger partial charge in [0, 0.05) is 23.9 Å². The number of nitrogens with two attached hydrogens (primary N) is 1. The monoisotopic (exact) mass is 496 g/mol. The third kappa shape index (κ3) is 4.35. The number of ether oxygens (including phenoxy) is 2. The summed E-state index contributed by atoms with van der Waals surface area (Å²) in [4.78, 5) is 8.37. The zero-order valence-electron chi connectivity index (χ0n) is 19.4. The summed E-state index contributed by atoms with van der Waals surface area (Å²) < 4.78 is 56.5. The fourth-order valence-electron chi connectivity index (χ4n) is 4.18. The Morgan fingerprint density at radius 3 is 2.75 bits per heavy atom. The van der Waals surface area contributed by atoms with E-state index >= 15 is 0 Å². The van der Waals surface area contributed by atoms with Gasteiger partial charge in [-0.25, -0.2) is 9.97 Å². The molecule has 0 fully saturated rings. The number of benzene rings is 2. The molecule has 0 saturated carbocycles. The van der Waals surface area contributed by atoms with Crippen molar-refractivity contribution in [2.75, 3.05) is 13.7 Å². The third-order valence-corrected chi connectivity index (χ3v) is 5.99. The summed E-state index contributed by atoms with van der Waals surface area (Å²) in [5.74, 6) is 1.70. The minimum Gasteiger partial charge on any atom is -0.494 e. The van der Waals surface area contributed by atoms with Crippen LogP contribution in [0.1, 0.15) is 28.3 Å². The SMILES string of the molecule is C=C(NCc1ccc2c(c1)CCO2)c1nc(-c2ccc(OC)c3nc(C(F)(F)F)ccc23)oc1CN. The third-order valence-electron chi connectivity index (χ3n) is 5.99. The van der Waals surface area contributed by atoms with E-state index in [-0.39, 0.29) is 23.7 Å². The number of hydrogen-bond acceptors (Lipinski definition) is 7. The van der Waals surface area contributed by atoms with Gasteiger partial charge in [0.1, 0.15) is 34.2 Å². The van der Waals surface area contributed by atoms with Gasteiger partial charge in [-0.2, -0.15) is 13.2 Å². The second-order valence-electron chi connectivity index (χ2n) is 8.27. The van der Waals surface area contributed by atoms with Gasteiger partial charge in [0.05, 0.1) is 26.0 Å². The maximum absolute atomic E-state index is 13.3. The normalized spacial score (nSPS) is 12.9. The predicted molar refractivity (Wildman–Crippen MR) is 128 cm³/mol. The van der Waals surface area contributed by atoms with E-state index in [9.17, 15) is 13.2 Å². The average Bonchev–Trinajstić information content (AvgIpc) is 3.52. The van der Waals surface area contributed by atoms with E-state index in [4.69, 9.17) is 19.6 Å². The van der Waals surface area contributed by atoms with Crippen LogP contribution in [-0.4, -0.2) is 23.7 Å². The van der Waals surface area contributed by atoms with Gasteiger partial charge in [-0.3, -0.25) is 0 Å². The first-order chi connectivity index (χ1) is 17.3. The molecule has 10 heteroatoms. The molecule has 0 atom stereocenters. The highest BCUT2D eigenvalue weighted by atomic mass is 19.4. The topological polar surface area (TPSA) is 95.4 Å². The maximum Gasteiger partial charge on any atom is 0.433 e. The van der Waals surface area contributed by atoms with Crippen LogP contribution in [-0.2, 0) is 25.7 Å². The molecule has 3 heterocycles. The van der Waals surface area contributed by atoms with E-state index < -0.39 is 11.9 Å². The maximum atomic E-state index is 13.3. The summed E-state index contributed by atoms with van der Waals surface area (Å²) in [6.45, 7) is 5.34. The first-order valence-electron chi connectivity index (χ1n) is 11.2. The highest BCUT2D eigenvalue weighted by Gasteiger charge is 2.33. The highest BCUT2D eigenvalue weighted by Crippen LogP contribution is 2.37. The molecule has 1 aliphatic heterocycles. The number of nitrogens with zero attached hydrogens (tertiary/aromatic N) is 2. The first kappa shape index (κ1) is 23.7. The van der Waals surface area contributed by atoms with Crippen molar-refractivity contribution in [3.8, 4) is 23.0 Å². The molecule has 1 aliphatic rings. The average molecular weight is 496 g/mol. The van der Waals surface area contributed by atoms with Crippen LogP contribution in [0.2, 0.25) is 0 Å². The number of aromatic nitrogens is 2. The van der Waals surface area contributed by atoms with Gasteiger partial charge in [-0.05, 0) is 41.5 Å². The summed E-state index contributed by atoms with van der Waals surface area (Å²) in [6, 6.07) is 11.5. The van der Waals surface area contributed by atoms with Crippen molar-refractivity contribution in [1.82, 2.24) is 15.3 Å². The molecule has 0 saturated heterocycles. The van der Waals surface area contributed by atoms with Crippen LogP contribution in [0.25, 0.3) is 28.1 Å². The second-order valence-corrected chi connectivity index (χ2v) is 8.27. The predicted octanol–water partition coefficient (Wildman–Crippen LogP) is 5.07. The summed E-state index contributed by atoms with van der Waals surface area (Å²) >= 11 is 0. The van der Waals surface area contributed by atoms with Gasteiger partial charge < -0.3 is 24.9 Å². The van der Waals surface area contributed by atoms with E-state index in [1.165, 1.54) is 24.8 Å². The minimum absolute atomic E-state index is 0.0522. The number of pyridine rings is 1. The second kappa shape index (κ2) is 9.19. The van der Waals surface area contributed by atoms with Crippen LogP contribution in [0, 0.1) is 0 Å². The number of oxazole rings is 1. The largest absolute Gasteiger partial charge is 0.494 e. The number of hydrogen-bond donors (Lipinski definition) is 2. The van der Waals surface area contributed by atoms with E-state index in [1.54, 1.807) is 6.07 Å². The lowest BCUT2D eigenvalue weighted by Gasteiger charge is -2.11. The van der Waals surface area contributed by atoms with Crippen molar-refractivity contribution in [3.63, 3.8) is 0 Å². The molecule has 2 aromatic heterocycles. The molecule has 186 valence electrons. The molecule has 7 nitrogen and oxygen atoms in total. The first-order valence-corrected chi connectivity index (χ1v) is 11.2. The smallest absolute Gasteiger partial charge is 0.433 e. The van der Waals surface area contributed by atoms with Crippen molar-refractivity contribution in [1.29, 1.82) is 0 Å². The Balaban J connectivity index is 1.46. The van der Waals surface area contributed by atoms with Crippen molar-refractivity contribution in [2.45, 2.75) is 25.7 Å². The number of methoxy groups -OCH3 is 1. The Kier molecular flexibility index (Phi) is 6.05. The number of alkyl halides is 3. The summed E-state index contributed by atoms with van der Waals surface area (Å²) in [5.41, 5.74) is 8.58. The zero-order valence-corrected chi connectivity index (χ0v) is 19.4. The molecular weight excluding hydrogens is 473 g/mol. The highest BCUT2D eigenvalue weighted by molar-refractivity contribution is 5.96. The summed E-state index contributed by atoms with van der Waals surface area (Å²) in [6.07, 6.45) is -3.71. The molecule has 0 bridgehead atoms. The molecule has 0 amide bonds. The molecule has 36 heavy (non-hydrogen) atoms. The van der Waals surface area contributed by atoms with Crippen LogP contribution in [0.15, 0.2) is 53.5 Å². The number of rotatable bonds is 7.